The molecule has 0 saturated carbocycles. The third kappa shape index (κ3) is 3.64. The van der Waals surface area contributed by atoms with Crippen molar-refractivity contribution in [2.45, 2.75) is 20.4 Å². The molecule has 9 nitrogen and oxygen atoms in total. The lowest BCUT2D eigenvalue weighted by Crippen LogP contribution is -2.19. The van der Waals surface area contributed by atoms with E-state index >= 15 is 0 Å². The van der Waals surface area contributed by atoms with Gasteiger partial charge >= 0.3 is 0 Å². The molecule has 0 aliphatic carbocycles. The summed E-state index contributed by atoms with van der Waals surface area (Å²) in [7, 11) is 0. The van der Waals surface area contributed by atoms with Crippen molar-refractivity contribution in [3.63, 3.8) is 0 Å². The predicted molar refractivity (Wildman–Crippen MR) is 70.7 cm³/mol. The number of aromatic amines is 1. The van der Waals surface area contributed by atoms with Crippen molar-refractivity contribution in [1.82, 2.24) is 25.2 Å². The van der Waals surface area contributed by atoms with Gasteiger partial charge in [0, 0.05) is 12.0 Å². The number of H-pyrrole nitrogens is 1. The molecule has 0 aromatic carbocycles. The molecule has 3 N–H and O–H groups in total. The van der Waals surface area contributed by atoms with Crippen LogP contribution in [-0.2, 0) is 16.1 Å². The van der Waals surface area contributed by atoms with Crippen molar-refractivity contribution in [2.24, 2.45) is 5.92 Å². The van der Waals surface area contributed by atoms with Crippen molar-refractivity contribution >= 4 is 23.5 Å². The van der Waals surface area contributed by atoms with Crippen LogP contribution in [0, 0.1) is 5.92 Å². The fourth-order valence-corrected chi connectivity index (χ4v) is 1.37. The van der Waals surface area contributed by atoms with Crippen LogP contribution in [0.2, 0.25) is 0 Å². The average Bonchev–Trinajstić information content (AvgIpc) is 3.01. The van der Waals surface area contributed by atoms with E-state index in [4.69, 9.17) is 0 Å². The Labute approximate surface area is 114 Å². The molecule has 2 amide bonds. The van der Waals surface area contributed by atoms with Gasteiger partial charge in [-0.1, -0.05) is 19.1 Å². The first kappa shape index (κ1) is 13.7. The van der Waals surface area contributed by atoms with Gasteiger partial charge in [-0.15, -0.1) is 5.10 Å². The number of aromatic nitrogens is 5. The van der Waals surface area contributed by atoms with Crippen LogP contribution in [0.25, 0.3) is 0 Å². The lowest BCUT2D eigenvalue weighted by atomic mass is 10.2. The molecule has 0 radical (unpaired) electrons. The number of hydrogen-bond donors (Lipinski definition) is 3. The van der Waals surface area contributed by atoms with Gasteiger partial charge in [0.1, 0.15) is 12.4 Å². The molecule has 0 bridgehead atoms. The number of anilines is 2. The molecule has 0 fully saturated rings. The highest BCUT2D eigenvalue weighted by molar-refractivity contribution is 5.91. The van der Waals surface area contributed by atoms with Gasteiger partial charge in [0.25, 0.3) is 0 Å². The summed E-state index contributed by atoms with van der Waals surface area (Å²) in [6.07, 6.45) is 3.03. The number of carbonyl (C=O) groups excluding carboxylic acids is 2. The zero-order valence-electron chi connectivity index (χ0n) is 11.1. The first-order valence-corrected chi connectivity index (χ1v) is 6.05. The average molecular weight is 277 g/mol. The summed E-state index contributed by atoms with van der Waals surface area (Å²) in [5.41, 5.74) is 0. The van der Waals surface area contributed by atoms with E-state index in [1.54, 1.807) is 19.9 Å². The largest absolute Gasteiger partial charge is 0.309 e. The number of carbonyl (C=O) groups is 2. The van der Waals surface area contributed by atoms with Crippen molar-refractivity contribution in [1.29, 1.82) is 0 Å². The Morgan fingerprint density at radius 3 is 2.85 bits per heavy atom. The van der Waals surface area contributed by atoms with E-state index in [1.807, 2.05) is 0 Å². The molecule has 9 heteroatoms. The molecule has 106 valence electrons. The fraction of sp³-hybridized carbons (Fsp3) is 0.364. The van der Waals surface area contributed by atoms with E-state index in [1.165, 1.54) is 17.1 Å². The van der Waals surface area contributed by atoms with Crippen LogP contribution in [0.4, 0.5) is 11.6 Å². The lowest BCUT2D eigenvalue weighted by molar-refractivity contribution is -0.119. The molecule has 2 rings (SSSR count). The maximum Gasteiger partial charge on any atom is 0.247 e. The number of hydrogen-bond acceptors (Lipinski definition) is 5. The normalized spacial score (nSPS) is 10.6. The fourth-order valence-electron chi connectivity index (χ4n) is 1.37. The van der Waals surface area contributed by atoms with Crippen molar-refractivity contribution in [2.75, 3.05) is 10.6 Å². The second-order valence-corrected chi connectivity index (χ2v) is 4.46. The Balaban J connectivity index is 1.89. The van der Waals surface area contributed by atoms with Crippen molar-refractivity contribution < 1.29 is 9.59 Å². The topological polar surface area (TPSA) is 118 Å². The molecule has 20 heavy (non-hydrogen) atoms. The van der Waals surface area contributed by atoms with Crippen LogP contribution < -0.4 is 10.6 Å². The SMILES string of the molecule is CC(C)C(=O)Nc1cn(CC(=O)Nc2ccn[nH]2)nn1. The van der Waals surface area contributed by atoms with Gasteiger partial charge in [0.05, 0.1) is 12.4 Å². The van der Waals surface area contributed by atoms with Crippen molar-refractivity contribution in [3.05, 3.63) is 18.5 Å². The van der Waals surface area contributed by atoms with Gasteiger partial charge in [-0.05, 0) is 0 Å². The lowest BCUT2D eigenvalue weighted by Gasteiger charge is -2.03. The molecule has 0 saturated heterocycles. The van der Waals surface area contributed by atoms with Gasteiger partial charge in [-0.2, -0.15) is 5.10 Å². The third-order valence-corrected chi connectivity index (χ3v) is 2.39. The highest BCUT2D eigenvalue weighted by atomic mass is 16.2. The van der Waals surface area contributed by atoms with Crippen LogP contribution in [0.1, 0.15) is 13.8 Å². The molecule has 0 unspecified atom stereocenters. The number of amides is 2. The molecule has 0 spiro atoms. The Kier molecular flexibility index (Phi) is 4.08. The minimum Gasteiger partial charge on any atom is -0.309 e. The molecule has 2 heterocycles. The van der Waals surface area contributed by atoms with Crippen LogP contribution in [0.5, 0.6) is 0 Å². The Bertz CT molecular complexity index is 588. The van der Waals surface area contributed by atoms with Crippen LogP contribution in [-0.4, -0.2) is 37.0 Å². The van der Waals surface area contributed by atoms with Crippen molar-refractivity contribution in [3.8, 4) is 0 Å². The first-order valence-electron chi connectivity index (χ1n) is 6.05. The minimum atomic E-state index is -0.277. The molecular weight excluding hydrogens is 262 g/mol. The van der Waals surface area contributed by atoms with Gasteiger partial charge in [0.2, 0.25) is 11.8 Å². The summed E-state index contributed by atoms with van der Waals surface area (Å²) in [6.45, 7) is 3.54. The maximum atomic E-state index is 11.7. The van der Waals surface area contributed by atoms with Gasteiger partial charge < -0.3 is 10.6 Å². The zero-order chi connectivity index (χ0) is 14.5. The summed E-state index contributed by atoms with van der Waals surface area (Å²) in [4.78, 5) is 23.2. The van der Waals surface area contributed by atoms with E-state index in [9.17, 15) is 9.59 Å². The van der Waals surface area contributed by atoms with E-state index in [0.29, 0.717) is 11.6 Å². The molecule has 2 aromatic rings. The first-order chi connectivity index (χ1) is 9.54. The van der Waals surface area contributed by atoms with Gasteiger partial charge in [0.15, 0.2) is 5.82 Å². The monoisotopic (exact) mass is 277 g/mol. The maximum absolute atomic E-state index is 11.7. The van der Waals surface area contributed by atoms with Gasteiger partial charge in [-0.25, -0.2) is 4.68 Å². The Hall–Kier alpha value is -2.71. The highest BCUT2D eigenvalue weighted by Crippen LogP contribution is 2.04. The van der Waals surface area contributed by atoms with Crippen LogP contribution >= 0.6 is 0 Å². The zero-order valence-corrected chi connectivity index (χ0v) is 11.1. The summed E-state index contributed by atoms with van der Waals surface area (Å²) in [5.74, 6) is 0.241. The molecular formula is C11H15N7O2. The number of rotatable bonds is 5. The standard InChI is InChI=1S/C11H15N7O2/c1-7(2)11(20)14-9-5-18(17-16-9)6-10(19)13-8-3-4-12-15-8/h3-5,7H,6H2,1-2H3,(H,14,20)(H2,12,13,15,19). The molecule has 2 aromatic heterocycles. The third-order valence-electron chi connectivity index (χ3n) is 2.39. The van der Waals surface area contributed by atoms with E-state index in [-0.39, 0.29) is 24.3 Å². The summed E-state index contributed by atoms with van der Waals surface area (Å²) in [5, 5.41) is 19.1. The van der Waals surface area contributed by atoms with E-state index in [2.05, 4.69) is 31.1 Å². The summed E-state index contributed by atoms with van der Waals surface area (Å²) < 4.78 is 1.33. The van der Waals surface area contributed by atoms with E-state index in [0.717, 1.165) is 0 Å². The molecule has 0 atom stereocenters. The summed E-state index contributed by atoms with van der Waals surface area (Å²) in [6, 6.07) is 1.63. The Morgan fingerprint density at radius 1 is 1.40 bits per heavy atom. The van der Waals surface area contributed by atoms with Gasteiger partial charge in [-0.3, -0.25) is 14.7 Å². The minimum absolute atomic E-state index is 0.0103. The van der Waals surface area contributed by atoms with E-state index < -0.39 is 0 Å². The van der Waals surface area contributed by atoms with Crippen LogP contribution in [0.3, 0.4) is 0 Å². The smallest absolute Gasteiger partial charge is 0.247 e. The highest BCUT2D eigenvalue weighted by Gasteiger charge is 2.11. The quantitative estimate of drug-likeness (QED) is 0.723. The number of nitrogens with zero attached hydrogens (tertiary/aromatic N) is 4. The second kappa shape index (κ2) is 5.95. The molecule has 0 aliphatic rings. The number of nitrogens with one attached hydrogen (secondary N) is 3. The second-order valence-electron chi connectivity index (χ2n) is 4.46. The van der Waals surface area contributed by atoms with Crippen LogP contribution in [0.15, 0.2) is 18.5 Å². The molecule has 0 aliphatic heterocycles. The predicted octanol–water partition coefficient (Wildman–Crippen LogP) is 0.234. The summed E-state index contributed by atoms with van der Waals surface area (Å²) >= 11 is 0. The Morgan fingerprint density at radius 2 is 2.20 bits per heavy atom.